The zero-order chi connectivity index (χ0) is 21.5. The molecule has 0 N–H and O–H groups in total. The summed E-state index contributed by atoms with van der Waals surface area (Å²) >= 11 is 0. The van der Waals surface area contributed by atoms with Crippen LogP contribution in [0.15, 0.2) is 36.9 Å². The number of nitrogens with zero attached hydrogens (tertiary/aromatic N) is 4. The smallest absolute Gasteiger partial charge is 0.150 e. The second-order valence-corrected chi connectivity index (χ2v) is 16.0. The largest absolute Gasteiger partial charge is 0.361 e. The summed E-state index contributed by atoms with van der Waals surface area (Å²) in [6.07, 6.45) is 11.8. The fraction of sp³-hybridized carbons (Fsp3) is 0.583. The molecule has 6 nitrogen and oxygen atoms in total. The number of hydrogen-bond donors (Lipinski definition) is 0. The highest BCUT2D eigenvalue weighted by Gasteiger charge is 2.48. The Hall–Kier alpha value is -1.96. The number of aromatic nitrogens is 4. The van der Waals surface area contributed by atoms with Crippen LogP contribution >= 0.6 is 0 Å². The van der Waals surface area contributed by atoms with Crippen LogP contribution in [0, 0.1) is 0 Å². The molecule has 5 rings (SSSR count). The molecule has 1 unspecified atom stereocenters. The fourth-order valence-electron chi connectivity index (χ4n) is 4.53. The molecular formula is C24H34N4O2Si. The Kier molecular flexibility index (Phi) is 5.52. The van der Waals surface area contributed by atoms with Gasteiger partial charge < -0.3 is 14.0 Å². The van der Waals surface area contributed by atoms with Crippen molar-refractivity contribution in [1.82, 2.24) is 19.3 Å². The van der Waals surface area contributed by atoms with Crippen molar-refractivity contribution in [3.63, 3.8) is 0 Å². The Morgan fingerprint density at radius 1 is 1.23 bits per heavy atom. The molecule has 3 aromatic rings. The summed E-state index contributed by atoms with van der Waals surface area (Å²) in [5.41, 5.74) is 3.69. The van der Waals surface area contributed by atoms with Gasteiger partial charge in [-0.05, 0) is 49.8 Å². The van der Waals surface area contributed by atoms with Crippen molar-refractivity contribution in [3.8, 4) is 0 Å². The Bertz CT molecular complexity index is 1040. The van der Waals surface area contributed by atoms with Crippen LogP contribution in [0.2, 0.25) is 25.7 Å². The van der Waals surface area contributed by atoms with Gasteiger partial charge in [0.15, 0.2) is 6.23 Å². The third-order valence-corrected chi connectivity index (χ3v) is 8.39. The van der Waals surface area contributed by atoms with Crippen molar-refractivity contribution in [3.05, 3.63) is 48.2 Å². The van der Waals surface area contributed by atoms with E-state index < -0.39 is 8.07 Å². The van der Waals surface area contributed by atoms with E-state index in [9.17, 15) is 0 Å². The van der Waals surface area contributed by atoms with Crippen LogP contribution in [-0.4, -0.2) is 40.6 Å². The maximum Gasteiger partial charge on any atom is 0.150 e. The maximum absolute atomic E-state index is 6.00. The van der Waals surface area contributed by atoms with Crippen LogP contribution in [0.3, 0.4) is 0 Å². The highest BCUT2D eigenvalue weighted by atomic mass is 28.3. The lowest BCUT2D eigenvalue weighted by molar-refractivity contribution is -0.0366. The number of fused-ring (bicyclic) bond motifs is 1. The first kappa shape index (κ1) is 20.9. The number of hydrogen-bond acceptors (Lipinski definition) is 4. The highest BCUT2D eigenvalue weighted by Crippen LogP contribution is 2.53. The predicted octanol–water partition coefficient (Wildman–Crippen LogP) is 5.32. The van der Waals surface area contributed by atoms with Gasteiger partial charge in [0.2, 0.25) is 0 Å². The molecule has 31 heavy (non-hydrogen) atoms. The predicted molar refractivity (Wildman–Crippen MR) is 125 cm³/mol. The third kappa shape index (κ3) is 4.36. The lowest BCUT2D eigenvalue weighted by Gasteiger charge is -2.23. The minimum Gasteiger partial charge on any atom is -0.361 e. The standard InChI is InChI=1S/C24H34N4O2Si/c1-31(2,3)13-12-29-18-27-16-22(25-17-27)24(9-10-24)20-8-7-19-15-26-28(21(19)14-20)23-6-4-5-11-30-23/h7-8,14-17,23H,4-6,9-13,18H2,1-3H3. The van der Waals surface area contributed by atoms with Crippen LogP contribution < -0.4 is 0 Å². The molecule has 1 aromatic carbocycles. The van der Waals surface area contributed by atoms with Gasteiger partial charge in [-0.2, -0.15) is 5.10 Å². The first-order chi connectivity index (χ1) is 14.9. The van der Waals surface area contributed by atoms with Gasteiger partial charge in [-0.15, -0.1) is 0 Å². The molecule has 1 atom stereocenters. The van der Waals surface area contributed by atoms with Crippen LogP contribution in [0.25, 0.3) is 10.9 Å². The molecule has 0 bridgehead atoms. The van der Waals surface area contributed by atoms with Gasteiger partial charge in [0.25, 0.3) is 0 Å². The Balaban J connectivity index is 1.33. The SMILES string of the molecule is C[Si](C)(C)CCOCn1cnc(C2(c3ccc4cnn(C5CCCCO5)c4c3)CC2)c1. The van der Waals surface area contributed by atoms with Gasteiger partial charge in [0.05, 0.1) is 23.7 Å². The molecule has 166 valence electrons. The van der Waals surface area contributed by atoms with Crippen LogP contribution in [0.5, 0.6) is 0 Å². The quantitative estimate of drug-likeness (QED) is 0.353. The molecule has 1 saturated carbocycles. The molecule has 2 fully saturated rings. The van der Waals surface area contributed by atoms with Crippen LogP contribution in [0.1, 0.15) is 49.6 Å². The van der Waals surface area contributed by atoms with E-state index in [1.807, 2.05) is 12.5 Å². The molecular weight excluding hydrogens is 404 g/mol. The molecule has 0 spiro atoms. The van der Waals surface area contributed by atoms with Gasteiger partial charge in [-0.3, -0.25) is 0 Å². The molecule has 2 aromatic heterocycles. The van der Waals surface area contributed by atoms with E-state index in [-0.39, 0.29) is 11.6 Å². The van der Waals surface area contributed by atoms with Gasteiger partial charge >= 0.3 is 0 Å². The summed E-state index contributed by atoms with van der Waals surface area (Å²) in [6, 6.07) is 7.97. The summed E-state index contributed by atoms with van der Waals surface area (Å²) in [5, 5.41) is 5.83. The van der Waals surface area contributed by atoms with E-state index in [0.717, 1.165) is 44.6 Å². The minimum absolute atomic E-state index is 0.0281. The second-order valence-electron chi connectivity index (χ2n) is 10.4. The topological polar surface area (TPSA) is 54.1 Å². The van der Waals surface area contributed by atoms with Crippen molar-refractivity contribution < 1.29 is 9.47 Å². The molecule has 0 amide bonds. The van der Waals surface area contributed by atoms with Gasteiger partial charge in [-0.25, -0.2) is 9.67 Å². The highest BCUT2D eigenvalue weighted by molar-refractivity contribution is 6.76. The Morgan fingerprint density at radius 3 is 2.84 bits per heavy atom. The molecule has 1 aliphatic carbocycles. The first-order valence-corrected chi connectivity index (χ1v) is 15.3. The lowest BCUT2D eigenvalue weighted by atomic mass is 9.92. The monoisotopic (exact) mass is 438 g/mol. The summed E-state index contributed by atoms with van der Waals surface area (Å²) < 4.78 is 16.1. The molecule has 7 heteroatoms. The number of imidazole rings is 1. The van der Waals surface area contributed by atoms with Crippen LogP contribution in [-0.2, 0) is 21.6 Å². The summed E-state index contributed by atoms with van der Waals surface area (Å²) in [7, 11) is -1.05. The average molecular weight is 439 g/mol. The lowest BCUT2D eigenvalue weighted by Crippen LogP contribution is -2.21. The van der Waals surface area contributed by atoms with Crippen molar-refractivity contribution in [2.75, 3.05) is 13.2 Å². The van der Waals surface area contributed by atoms with E-state index in [2.05, 4.69) is 58.4 Å². The van der Waals surface area contributed by atoms with Crippen molar-refractivity contribution in [1.29, 1.82) is 0 Å². The van der Waals surface area contributed by atoms with Crippen molar-refractivity contribution in [2.24, 2.45) is 0 Å². The van der Waals surface area contributed by atoms with E-state index in [4.69, 9.17) is 14.5 Å². The number of ether oxygens (including phenoxy) is 2. The fourth-order valence-corrected chi connectivity index (χ4v) is 5.28. The first-order valence-electron chi connectivity index (χ1n) is 11.6. The van der Waals surface area contributed by atoms with Gasteiger partial charge in [0.1, 0.15) is 6.73 Å². The average Bonchev–Trinajstić information content (AvgIpc) is 3.24. The molecule has 1 aliphatic heterocycles. The third-order valence-electron chi connectivity index (χ3n) is 6.69. The van der Waals surface area contributed by atoms with Gasteiger partial charge in [0, 0.05) is 38.3 Å². The van der Waals surface area contributed by atoms with E-state index in [1.165, 1.54) is 28.9 Å². The Labute approximate surface area is 185 Å². The van der Waals surface area contributed by atoms with Crippen LogP contribution in [0.4, 0.5) is 0 Å². The van der Waals surface area contributed by atoms with E-state index in [0.29, 0.717) is 6.73 Å². The minimum atomic E-state index is -1.05. The maximum atomic E-state index is 6.00. The molecule has 2 aliphatic rings. The van der Waals surface area contributed by atoms with Crippen molar-refractivity contribution >= 4 is 19.0 Å². The van der Waals surface area contributed by atoms with E-state index >= 15 is 0 Å². The molecule has 3 heterocycles. The van der Waals surface area contributed by atoms with Crippen molar-refractivity contribution in [2.45, 2.75) is 76.2 Å². The van der Waals surface area contributed by atoms with E-state index in [1.54, 1.807) is 0 Å². The molecule has 1 saturated heterocycles. The second kappa shape index (κ2) is 8.19. The zero-order valence-corrected chi connectivity index (χ0v) is 20.0. The summed E-state index contributed by atoms with van der Waals surface area (Å²) in [4.78, 5) is 4.78. The van der Waals surface area contributed by atoms with Gasteiger partial charge in [-0.1, -0.05) is 31.8 Å². The summed E-state index contributed by atoms with van der Waals surface area (Å²) in [5.74, 6) is 0. The normalized spacial score (nSPS) is 20.9. The number of benzene rings is 1. The summed E-state index contributed by atoms with van der Waals surface area (Å²) in [6.45, 7) is 9.38. The molecule has 0 radical (unpaired) electrons. The zero-order valence-electron chi connectivity index (χ0n) is 19.0. The Morgan fingerprint density at radius 2 is 2.10 bits per heavy atom. The number of rotatable bonds is 8.